The maximum Gasteiger partial charge on any atom is 0.243 e. The van der Waals surface area contributed by atoms with Crippen molar-refractivity contribution in [1.82, 2.24) is 4.31 Å². The molecule has 6 heteroatoms. The summed E-state index contributed by atoms with van der Waals surface area (Å²) in [5.41, 5.74) is 1.98. The number of methoxy groups -OCH3 is 1. The Balaban J connectivity index is 1.66. The molecule has 1 saturated heterocycles. The molecule has 0 aliphatic carbocycles. The Morgan fingerprint density at radius 3 is 2.72 bits per heavy atom. The highest BCUT2D eigenvalue weighted by molar-refractivity contribution is 7.89. The van der Waals surface area contributed by atoms with Gasteiger partial charge in [-0.05, 0) is 54.3 Å². The predicted molar refractivity (Wildman–Crippen MR) is 94.5 cm³/mol. The average molecular weight is 359 g/mol. The molecule has 2 heterocycles. The largest absolute Gasteiger partial charge is 0.497 e. The number of hydrogen-bond donors (Lipinski definition) is 0. The highest BCUT2D eigenvalue weighted by Crippen LogP contribution is 2.38. The summed E-state index contributed by atoms with van der Waals surface area (Å²) in [6.45, 7) is 1.17. The first-order valence-electron chi connectivity index (χ1n) is 8.51. The number of fused-ring (bicyclic) bond motifs is 1. The molecular weight excluding hydrogens is 338 g/mol. The van der Waals surface area contributed by atoms with Crippen LogP contribution in [-0.4, -0.2) is 33.0 Å². The lowest BCUT2D eigenvalue weighted by Gasteiger charge is -2.25. The van der Waals surface area contributed by atoms with E-state index < -0.39 is 10.0 Å². The van der Waals surface area contributed by atoms with Crippen LogP contribution in [0, 0.1) is 0 Å². The third-order valence-electron chi connectivity index (χ3n) is 4.97. The summed E-state index contributed by atoms with van der Waals surface area (Å²) in [6, 6.07) is 12.7. The minimum Gasteiger partial charge on any atom is -0.497 e. The van der Waals surface area contributed by atoms with Crippen molar-refractivity contribution in [3.05, 3.63) is 53.6 Å². The van der Waals surface area contributed by atoms with Gasteiger partial charge < -0.3 is 9.47 Å². The molecule has 0 bridgehead atoms. The lowest BCUT2D eigenvalue weighted by molar-refractivity contribution is 0.356. The third-order valence-corrected chi connectivity index (χ3v) is 6.88. The van der Waals surface area contributed by atoms with Crippen molar-refractivity contribution < 1.29 is 17.9 Å². The van der Waals surface area contributed by atoms with Crippen LogP contribution in [0.15, 0.2) is 47.4 Å². The van der Waals surface area contributed by atoms with Gasteiger partial charge >= 0.3 is 0 Å². The Kier molecular flexibility index (Phi) is 4.17. The summed E-state index contributed by atoms with van der Waals surface area (Å²) in [4.78, 5) is 0.358. The minimum atomic E-state index is -3.53. The monoisotopic (exact) mass is 359 g/mol. The van der Waals surface area contributed by atoms with Gasteiger partial charge in [0.15, 0.2) is 0 Å². The van der Waals surface area contributed by atoms with Gasteiger partial charge in [0, 0.05) is 13.0 Å². The molecule has 0 N–H and O–H groups in total. The van der Waals surface area contributed by atoms with Gasteiger partial charge in [0.1, 0.15) is 11.5 Å². The lowest BCUT2D eigenvalue weighted by Crippen LogP contribution is -2.30. The van der Waals surface area contributed by atoms with Crippen LogP contribution < -0.4 is 9.47 Å². The first kappa shape index (κ1) is 16.4. The zero-order valence-corrected chi connectivity index (χ0v) is 15.0. The van der Waals surface area contributed by atoms with E-state index in [1.165, 1.54) is 0 Å². The SMILES string of the molecule is COc1ccc(C2CCCN2S(=O)(=O)c2ccc3c(c2)CCO3)cc1. The van der Waals surface area contributed by atoms with Crippen molar-refractivity contribution in [1.29, 1.82) is 0 Å². The molecule has 2 aliphatic heterocycles. The summed E-state index contributed by atoms with van der Waals surface area (Å²) in [5, 5.41) is 0. The fourth-order valence-electron chi connectivity index (χ4n) is 3.65. The zero-order chi connectivity index (χ0) is 17.4. The van der Waals surface area contributed by atoms with Gasteiger partial charge in [0.2, 0.25) is 10.0 Å². The summed E-state index contributed by atoms with van der Waals surface area (Å²) in [6.07, 6.45) is 2.46. The van der Waals surface area contributed by atoms with E-state index in [-0.39, 0.29) is 6.04 Å². The van der Waals surface area contributed by atoms with Crippen molar-refractivity contribution in [2.75, 3.05) is 20.3 Å². The number of nitrogens with zero attached hydrogens (tertiary/aromatic N) is 1. The standard InChI is InChI=1S/C19H21NO4S/c1-23-16-6-4-14(5-7-16)18-3-2-11-20(18)25(21,22)17-8-9-19-15(13-17)10-12-24-19/h4-9,13,18H,2-3,10-12H2,1H3. The normalized spacial score (nSPS) is 20.3. The maximum absolute atomic E-state index is 13.2. The second-order valence-electron chi connectivity index (χ2n) is 6.41. The lowest BCUT2D eigenvalue weighted by atomic mass is 10.1. The van der Waals surface area contributed by atoms with Gasteiger partial charge in [-0.3, -0.25) is 0 Å². The van der Waals surface area contributed by atoms with Gasteiger partial charge in [-0.15, -0.1) is 0 Å². The van der Waals surface area contributed by atoms with Crippen molar-refractivity contribution in [2.45, 2.75) is 30.2 Å². The Labute approximate surface area is 148 Å². The Bertz CT molecular complexity index is 877. The Morgan fingerprint density at radius 2 is 1.96 bits per heavy atom. The van der Waals surface area contributed by atoms with Gasteiger partial charge in [-0.1, -0.05) is 12.1 Å². The van der Waals surface area contributed by atoms with Crippen molar-refractivity contribution in [2.24, 2.45) is 0 Å². The second kappa shape index (κ2) is 6.35. The topological polar surface area (TPSA) is 55.8 Å². The molecule has 2 aromatic carbocycles. The molecular formula is C19H21NO4S. The molecule has 0 aromatic heterocycles. The van der Waals surface area contributed by atoms with E-state index >= 15 is 0 Å². The number of benzene rings is 2. The molecule has 4 rings (SSSR count). The molecule has 132 valence electrons. The molecule has 0 spiro atoms. The molecule has 25 heavy (non-hydrogen) atoms. The number of ether oxygens (including phenoxy) is 2. The molecule has 0 saturated carbocycles. The zero-order valence-electron chi connectivity index (χ0n) is 14.1. The summed E-state index contributed by atoms with van der Waals surface area (Å²) >= 11 is 0. The Hall–Kier alpha value is -2.05. The summed E-state index contributed by atoms with van der Waals surface area (Å²) in [5.74, 6) is 1.57. The Morgan fingerprint density at radius 1 is 1.16 bits per heavy atom. The molecule has 2 aromatic rings. The highest BCUT2D eigenvalue weighted by atomic mass is 32.2. The first-order chi connectivity index (χ1) is 12.1. The van der Waals surface area contributed by atoms with E-state index in [4.69, 9.17) is 9.47 Å². The quantitative estimate of drug-likeness (QED) is 0.841. The number of rotatable bonds is 4. The first-order valence-corrected chi connectivity index (χ1v) is 9.95. The van der Waals surface area contributed by atoms with Crippen LogP contribution in [0.1, 0.15) is 30.0 Å². The molecule has 0 amide bonds. The van der Waals surface area contributed by atoms with Crippen LogP contribution in [0.3, 0.4) is 0 Å². The summed E-state index contributed by atoms with van der Waals surface area (Å²) in [7, 11) is -1.90. The van der Waals surface area contributed by atoms with E-state index in [0.717, 1.165) is 41.9 Å². The smallest absolute Gasteiger partial charge is 0.243 e. The van der Waals surface area contributed by atoms with Crippen molar-refractivity contribution >= 4 is 10.0 Å². The van der Waals surface area contributed by atoms with E-state index in [2.05, 4.69) is 0 Å². The van der Waals surface area contributed by atoms with Crippen LogP contribution >= 0.6 is 0 Å². The van der Waals surface area contributed by atoms with Gasteiger partial charge in [-0.25, -0.2) is 8.42 Å². The van der Waals surface area contributed by atoms with Gasteiger partial charge in [0.05, 0.1) is 24.7 Å². The number of sulfonamides is 1. The fraction of sp³-hybridized carbons (Fsp3) is 0.368. The highest BCUT2D eigenvalue weighted by Gasteiger charge is 2.36. The van der Waals surface area contributed by atoms with E-state index in [1.54, 1.807) is 29.6 Å². The summed E-state index contributed by atoms with van der Waals surface area (Å²) < 4.78 is 38.7. The van der Waals surface area contributed by atoms with Crippen LogP contribution in [0.5, 0.6) is 11.5 Å². The molecule has 1 atom stereocenters. The van der Waals surface area contributed by atoms with Crippen LogP contribution in [-0.2, 0) is 16.4 Å². The minimum absolute atomic E-state index is 0.125. The van der Waals surface area contributed by atoms with Crippen molar-refractivity contribution in [3.63, 3.8) is 0 Å². The maximum atomic E-state index is 13.2. The molecule has 1 fully saturated rings. The van der Waals surface area contributed by atoms with E-state index in [9.17, 15) is 8.42 Å². The van der Waals surface area contributed by atoms with Crippen LogP contribution in [0.2, 0.25) is 0 Å². The van der Waals surface area contributed by atoms with E-state index in [1.807, 2.05) is 24.3 Å². The van der Waals surface area contributed by atoms with Gasteiger partial charge in [0.25, 0.3) is 0 Å². The molecule has 0 radical (unpaired) electrons. The number of hydrogen-bond acceptors (Lipinski definition) is 4. The fourth-order valence-corrected chi connectivity index (χ4v) is 5.38. The predicted octanol–water partition coefficient (Wildman–Crippen LogP) is 3.16. The second-order valence-corrected chi connectivity index (χ2v) is 8.31. The van der Waals surface area contributed by atoms with Crippen LogP contribution in [0.4, 0.5) is 0 Å². The molecule has 1 unspecified atom stereocenters. The van der Waals surface area contributed by atoms with Crippen LogP contribution in [0.25, 0.3) is 0 Å². The van der Waals surface area contributed by atoms with Gasteiger partial charge in [-0.2, -0.15) is 4.31 Å². The molecule has 5 nitrogen and oxygen atoms in total. The molecule has 2 aliphatic rings. The van der Waals surface area contributed by atoms with E-state index in [0.29, 0.717) is 18.0 Å². The van der Waals surface area contributed by atoms with Crippen molar-refractivity contribution in [3.8, 4) is 11.5 Å². The third kappa shape index (κ3) is 2.89. The average Bonchev–Trinajstić information content (AvgIpc) is 3.30.